The van der Waals surface area contributed by atoms with Gasteiger partial charge in [0.05, 0.1) is 12.3 Å². The van der Waals surface area contributed by atoms with Gasteiger partial charge in [0.1, 0.15) is 5.75 Å². The average Bonchev–Trinajstić information content (AvgIpc) is 3.05. The maximum Gasteiger partial charge on any atom is 0.119 e. The van der Waals surface area contributed by atoms with Crippen molar-refractivity contribution in [3.05, 3.63) is 47.3 Å². The van der Waals surface area contributed by atoms with Crippen LogP contribution in [0.25, 0.3) is 0 Å². The lowest BCUT2D eigenvalue weighted by Crippen LogP contribution is -2.52. The molecule has 0 aliphatic carbocycles. The van der Waals surface area contributed by atoms with Gasteiger partial charge in [-0.05, 0) is 44.9 Å². The molecule has 0 spiro atoms. The van der Waals surface area contributed by atoms with E-state index in [1.807, 2.05) is 23.7 Å². The molecule has 0 unspecified atom stereocenters. The summed E-state index contributed by atoms with van der Waals surface area (Å²) in [6.07, 6.45) is 2.98. The first-order chi connectivity index (χ1) is 13.6. The number of ether oxygens (including phenoxy) is 1. The van der Waals surface area contributed by atoms with Crippen molar-refractivity contribution in [1.29, 1.82) is 0 Å². The molecule has 3 rings (SSSR count). The van der Waals surface area contributed by atoms with E-state index in [0.717, 1.165) is 57.1 Å². The van der Waals surface area contributed by atoms with E-state index in [1.165, 1.54) is 11.1 Å². The number of aliphatic hydroxyl groups excluding tert-OH is 1. The topological polar surface area (TPSA) is 53.8 Å². The van der Waals surface area contributed by atoms with Crippen LogP contribution in [0.2, 0.25) is 0 Å². The second-order valence-corrected chi connectivity index (χ2v) is 7.54. The van der Waals surface area contributed by atoms with Gasteiger partial charge in [0.2, 0.25) is 0 Å². The Labute approximate surface area is 168 Å². The summed E-state index contributed by atoms with van der Waals surface area (Å²) in [5, 5.41) is 14.1. The highest BCUT2D eigenvalue weighted by Gasteiger charge is 2.27. The standard InChI is InChI=1S/C22H34N4O2/c1-4-26-16-20(18(3)23-26)15-24-11-12-25(21(17-24)10-13-27)14-19-6-8-22(9-7-19)28-5-2/h6-9,16,21,27H,4-5,10-15,17H2,1-3H3/t21-/m1/s1. The summed E-state index contributed by atoms with van der Waals surface area (Å²) < 4.78 is 7.55. The monoisotopic (exact) mass is 386 g/mol. The molecule has 2 aromatic rings. The Bertz CT molecular complexity index is 729. The summed E-state index contributed by atoms with van der Waals surface area (Å²) in [6.45, 7) is 12.9. The molecule has 6 heteroatoms. The fourth-order valence-corrected chi connectivity index (χ4v) is 3.94. The highest BCUT2D eigenvalue weighted by Crippen LogP contribution is 2.20. The van der Waals surface area contributed by atoms with Crippen LogP contribution >= 0.6 is 0 Å². The predicted octanol–water partition coefficient (Wildman–Crippen LogP) is 2.68. The second-order valence-electron chi connectivity index (χ2n) is 7.54. The molecule has 0 radical (unpaired) electrons. The van der Waals surface area contributed by atoms with Gasteiger partial charge in [0, 0.05) is 63.7 Å². The van der Waals surface area contributed by atoms with E-state index in [4.69, 9.17) is 4.74 Å². The Morgan fingerprint density at radius 2 is 1.93 bits per heavy atom. The zero-order valence-corrected chi connectivity index (χ0v) is 17.5. The van der Waals surface area contributed by atoms with Crippen LogP contribution in [0.1, 0.15) is 37.1 Å². The number of hydrogen-bond acceptors (Lipinski definition) is 5. The number of aliphatic hydroxyl groups is 1. The van der Waals surface area contributed by atoms with Crippen molar-refractivity contribution >= 4 is 0 Å². The Hall–Kier alpha value is -1.89. The van der Waals surface area contributed by atoms with Gasteiger partial charge in [-0.2, -0.15) is 5.10 Å². The molecule has 1 aliphatic heterocycles. The molecule has 1 saturated heterocycles. The highest BCUT2D eigenvalue weighted by molar-refractivity contribution is 5.27. The van der Waals surface area contributed by atoms with Crippen molar-refractivity contribution < 1.29 is 9.84 Å². The van der Waals surface area contributed by atoms with Gasteiger partial charge in [-0.15, -0.1) is 0 Å². The number of aromatic nitrogens is 2. The van der Waals surface area contributed by atoms with Crippen LogP contribution in [-0.2, 0) is 19.6 Å². The lowest BCUT2D eigenvalue weighted by Gasteiger charge is -2.41. The summed E-state index contributed by atoms with van der Waals surface area (Å²) >= 11 is 0. The highest BCUT2D eigenvalue weighted by atomic mass is 16.5. The van der Waals surface area contributed by atoms with E-state index < -0.39 is 0 Å². The normalized spacial score (nSPS) is 18.5. The smallest absolute Gasteiger partial charge is 0.119 e. The number of piperazine rings is 1. The van der Waals surface area contributed by atoms with Crippen LogP contribution in [0.4, 0.5) is 0 Å². The number of aryl methyl sites for hydroxylation is 2. The third-order valence-corrected chi connectivity index (χ3v) is 5.54. The molecule has 6 nitrogen and oxygen atoms in total. The van der Waals surface area contributed by atoms with Crippen LogP contribution in [0.15, 0.2) is 30.5 Å². The molecule has 2 heterocycles. The van der Waals surface area contributed by atoms with Gasteiger partial charge in [0.15, 0.2) is 0 Å². The van der Waals surface area contributed by atoms with Crippen molar-refractivity contribution in [2.75, 3.05) is 32.8 Å². The van der Waals surface area contributed by atoms with Gasteiger partial charge in [-0.3, -0.25) is 14.5 Å². The lowest BCUT2D eigenvalue weighted by molar-refractivity contribution is 0.0499. The van der Waals surface area contributed by atoms with Crippen molar-refractivity contribution in [2.24, 2.45) is 0 Å². The molecule has 1 aromatic heterocycles. The minimum absolute atomic E-state index is 0.227. The number of nitrogens with zero attached hydrogens (tertiary/aromatic N) is 4. The SMILES string of the molecule is CCOc1ccc(CN2CCN(Cc3cn(CC)nc3C)C[C@H]2CCO)cc1. The molecular weight excluding hydrogens is 352 g/mol. The average molecular weight is 387 g/mol. The molecule has 1 N–H and O–H groups in total. The first-order valence-corrected chi connectivity index (χ1v) is 10.4. The van der Waals surface area contributed by atoms with Crippen LogP contribution in [0, 0.1) is 6.92 Å². The zero-order chi connectivity index (χ0) is 19.9. The van der Waals surface area contributed by atoms with E-state index >= 15 is 0 Å². The van der Waals surface area contributed by atoms with Crippen molar-refractivity contribution in [2.45, 2.75) is 52.9 Å². The zero-order valence-electron chi connectivity index (χ0n) is 17.5. The number of benzene rings is 1. The fraction of sp³-hybridized carbons (Fsp3) is 0.591. The predicted molar refractivity (Wildman–Crippen MR) is 111 cm³/mol. The van der Waals surface area contributed by atoms with Crippen LogP contribution in [0.5, 0.6) is 5.75 Å². The molecule has 0 bridgehead atoms. The maximum atomic E-state index is 9.58. The van der Waals surface area contributed by atoms with Crippen molar-refractivity contribution in [3.8, 4) is 5.75 Å². The maximum absolute atomic E-state index is 9.58. The molecule has 1 fully saturated rings. The minimum atomic E-state index is 0.227. The van der Waals surface area contributed by atoms with E-state index in [0.29, 0.717) is 12.6 Å². The van der Waals surface area contributed by atoms with E-state index in [-0.39, 0.29) is 6.61 Å². The summed E-state index contributed by atoms with van der Waals surface area (Å²) in [5.41, 5.74) is 3.72. The molecule has 1 atom stereocenters. The number of hydrogen-bond donors (Lipinski definition) is 1. The van der Waals surface area contributed by atoms with Crippen molar-refractivity contribution in [3.63, 3.8) is 0 Å². The van der Waals surface area contributed by atoms with Gasteiger partial charge in [-0.25, -0.2) is 0 Å². The lowest BCUT2D eigenvalue weighted by atomic mass is 10.1. The Kier molecular flexibility index (Phi) is 7.48. The number of rotatable bonds is 9. The largest absolute Gasteiger partial charge is 0.494 e. The van der Waals surface area contributed by atoms with E-state index in [9.17, 15) is 5.11 Å². The summed E-state index contributed by atoms with van der Waals surface area (Å²) in [6, 6.07) is 8.76. The summed E-state index contributed by atoms with van der Waals surface area (Å²) in [7, 11) is 0. The van der Waals surface area contributed by atoms with E-state index in [1.54, 1.807) is 0 Å². The summed E-state index contributed by atoms with van der Waals surface area (Å²) in [5.74, 6) is 0.922. The quantitative estimate of drug-likeness (QED) is 0.718. The molecular formula is C22H34N4O2. The molecule has 0 saturated carbocycles. The molecule has 154 valence electrons. The second kappa shape index (κ2) is 10.0. The van der Waals surface area contributed by atoms with Crippen molar-refractivity contribution in [1.82, 2.24) is 19.6 Å². The van der Waals surface area contributed by atoms with Crippen LogP contribution in [-0.4, -0.2) is 63.6 Å². The minimum Gasteiger partial charge on any atom is -0.494 e. The van der Waals surface area contributed by atoms with Crippen LogP contribution < -0.4 is 4.74 Å². The van der Waals surface area contributed by atoms with Gasteiger partial charge < -0.3 is 9.84 Å². The van der Waals surface area contributed by atoms with Crippen LogP contribution in [0.3, 0.4) is 0 Å². The van der Waals surface area contributed by atoms with Gasteiger partial charge >= 0.3 is 0 Å². The van der Waals surface area contributed by atoms with Gasteiger partial charge in [0.25, 0.3) is 0 Å². The molecule has 28 heavy (non-hydrogen) atoms. The molecule has 1 aliphatic rings. The Balaban J connectivity index is 1.60. The van der Waals surface area contributed by atoms with Gasteiger partial charge in [-0.1, -0.05) is 12.1 Å². The Morgan fingerprint density at radius 3 is 2.57 bits per heavy atom. The fourth-order valence-electron chi connectivity index (χ4n) is 3.94. The van der Waals surface area contributed by atoms with E-state index in [2.05, 4.69) is 47.1 Å². The first-order valence-electron chi connectivity index (χ1n) is 10.4. The Morgan fingerprint density at radius 1 is 1.14 bits per heavy atom. The molecule has 0 amide bonds. The summed E-state index contributed by atoms with van der Waals surface area (Å²) in [4.78, 5) is 5.00. The first kappa shape index (κ1) is 20.8. The molecule has 1 aromatic carbocycles. The third-order valence-electron chi connectivity index (χ3n) is 5.54. The third kappa shape index (κ3) is 5.34.